The fraction of sp³-hybridized carbons (Fsp3) is 0.500. The van der Waals surface area contributed by atoms with E-state index in [1.54, 1.807) is 4.90 Å². The molecule has 2 atom stereocenters. The average Bonchev–Trinajstić information content (AvgIpc) is 2.88. The van der Waals surface area contributed by atoms with E-state index in [1.165, 1.54) is 11.1 Å². The van der Waals surface area contributed by atoms with Crippen LogP contribution in [0.25, 0.3) is 0 Å². The normalized spacial score (nSPS) is 26.8. The molecule has 96 valence electrons. The SMILES string of the molecule is CN1CC[C@@H](N[C@@H]2CCc3cc(Cl)ccc32)C1=O. The Labute approximate surface area is 112 Å². The van der Waals surface area contributed by atoms with Gasteiger partial charge in [0.05, 0.1) is 6.04 Å². The monoisotopic (exact) mass is 264 g/mol. The first-order valence-electron chi connectivity index (χ1n) is 6.44. The minimum Gasteiger partial charge on any atom is -0.344 e. The third-order valence-corrected chi connectivity index (χ3v) is 4.25. The van der Waals surface area contributed by atoms with Gasteiger partial charge >= 0.3 is 0 Å². The molecule has 4 heteroatoms. The smallest absolute Gasteiger partial charge is 0.239 e. The van der Waals surface area contributed by atoms with Crippen molar-refractivity contribution in [2.24, 2.45) is 0 Å². The Kier molecular flexibility index (Phi) is 3.04. The molecule has 1 aliphatic heterocycles. The molecular weight excluding hydrogens is 248 g/mol. The van der Waals surface area contributed by atoms with Crippen LogP contribution in [0.2, 0.25) is 5.02 Å². The van der Waals surface area contributed by atoms with E-state index < -0.39 is 0 Å². The summed E-state index contributed by atoms with van der Waals surface area (Å²) in [5.41, 5.74) is 2.63. The van der Waals surface area contributed by atoms with Gasteiger partial charge in [0.15, 0.2) is 0 Å². The number of nitrogens with zero attached hydrogens (tertiary/aromatic N) is 1. The van der Waals surface area contributed by atoms with Crippen molar-refractivity contribution in [2.75, 3.05) is 13.6 Å². The molecule has 1 aromatic rings. The van der Waals surface area contributed by atoms with Gasteiger partial charge < -0.3 is 4.90 Å². The number of rotatable bonds is 2. The highest BCUT2D eigenvalue weighted by atomic mass is 35.5. The van der Waals surface area contributed by atoms with Gasteiger partial charge in [-0.2, -0.15) is 0 Å². The number of benzene rings is 1. The molecule has 1 saturated heterocycles. The lowest BCUT2D eigenvalue weighted by molar-refractivity contribution is -0.128. The summed E-state index contributed by atoms with van der Waals surface area (Å²) in [7, 11) is 1.87. The second-order valence-corrected chi connectivity index (χ2v) is 5.64. The fourth-order valence-corrected chi connectivity index (χ4v) is 3.17. The molecule has 2 aliphatic rings. The molecule has 1 aromatic carbocycles. The Morgan fingerprint density at radius 3 is 2.89 bits per heavy atom. The number of fused-ring (bicyclic) bond motifs is 1. The zero-order chi connectivity index (χ0) is 12.7. The van der Waals surface area contributed by atoms with Crippen molar-refractivity contribution in [3.05, 3.63) is 34.3 Å². The zero-order valence-electron chi connectivity index (χ0n) is 10.4. The van der Waals surface area contributed by atoms with E-state index in [-0.39, 0.29) is 11.9 Å². The van der Waals surface area contributed by atoms with Crippen LogP contribution in [-0.2, 0) is 11.2 Å². The number of aryl methyl sites for hydroxylation is 1. The molecular formula is C14H17ClN2O. The molecule has 0 unspecified atom stereocenters. The minimum atomic E-state index is -0.0124. The highest BCUT2D eigenvalue weighted by molar-refractivity contribution is 6.30. The van der Waals surface area contributed by atoms with Crippen molar-refractivity contribution in [3.63, 3.8) is 0 Å². The van der Waals surface area contributed by atoms with E-state index >= 15 is 0 Å². The van der Waals surface area contributed by atoms with Crippen LogP contribution >= 0.6 is 11.6 Å². The highest BCUT2D eigenvalue weighted by Gasteiger charge is 2.33. The lowest BCUT2D eigenvalue weighted by Gasteiger charge is -2.18. The van der Waals surface area contributed by atoms with Gasteiger partial charge in [0, 0.05) is 24.7 Å². The largest absolute Gasteiger partial charge is 0.344 e. The molecule has 0 bridgehead atoms. The Bertz CT molecular complexity index is 489. The molecule has 3 nitrogen and oxygen atoms in total. The quantitative estimate of drug-likeness (QED) is 0.888. The Balaban J connectivity index is 1.75. The van der Waals surface area contributed by atoms with Crippen LogP contribution in [0, 0.1) is 0 Å². The van der Waals surface area contributed by atoms with Gasteiger partial charge in [0.25, 0.3) is 0 Å². The van der Waals surface area contributed by atoms with Crippen LogP contribution in [0.4, 0.5) is 0 Å². The van der Waals surface area contributed by atoms with Gasteiger partial charge in [0.2, 0.25) is 5.91 Å². The highest BCUT2D eigenvalue weighted by Crippen LogP contribution is 2.33. The second-order valence-electron chi connectivity index (χ2n) is 5.20. The molecule has 1 aliphatic carbocycles. The molecule has 1 heterocycles. The van der Waals surface area contributed by atoms with E-state index in [0.717, 1.165) is 30.8 Å². The summed E-state index contributed by atoms with van der Waals surface area (Å²) in [6, 6.07) is 6.36. The van der Waals surface area contributed by atoms with E-state index in [2.05, 4.69) is 11.4 Å². The summed E-state index contributed by atoms with van der Waals surface area (Å²) >= 11 is 6.00. The maximum atomic E-state index is 11.9. The summed E-state index contributed by atoms with van der Waals surface area (Å²) in [5, 5.41) is 4.30. The van der Waals surface area contributed by atoms with Gasteiger partial charge in [-0.3, -0.25) is 10.1 Å². The van der Waals surface area contributed by atoms with Gasteiger partial charge in [-0.25, -0.2) is 0 Å². The number of likely N-dealkylation sites (N-methyl/N-ethyl adjacent to an activating group) is 1. The number of carbonyl (C=O) groups is 1. The van der Waals surface area contributed by atoms with Crippen molar-refractivity contribution >= 4 is 17.5 Å². The van der Waals surface area contributed by atoms with Crippen molar-refractivity contribution in [1.29, 1.82) is 0 Å². The Hall–Kier alpha value is -1.06. The molecule has 1 N–H and O–H groups in total. The first-order valence-corrected chi connectivity index (χ1v) is 6.82. The van der Waals surface area contributed by atoms with Gasteiger partial charge in [-0.1, -0.05) is 17.7 Å². The second kappa shape index (κ2) is 4.56. The average molecular weight is 265 g/mol. The number of hydrogen-bond donors (Lipinski definition) is 1. The minimum absolute atomic E-state index is 0.0124. The van der Waals surface area contributed by atoms with Gasteiger partial charge in [0.1, 0.15) is 0 Å². The standard InChI is InChI=1S/C14H17ClN2O/c1-17-7-6-13(14(17)18)16-12-5-2-9-8-10(15)3-4-11(9)12/h3-4,8,12-13,16H,2,5-7H2,1H3/t12-,13-/m1/s1. The van der Waals surface area contributed by atoms with Crippen LogP contribution in [0.3, 0.4) is 0 Å². The number of likely N-dealkylation sites (tertiary alicyclic amines) is 1. The number of hydrogen-bond acceptors (Lipinski definition) is 2. The van der Waals surface area contributed by atoms with E-state index in [0.29, 0.717) is 6.04 Å². The third kappa shape index (κ3) is 2.02. The third-order valence-electron chi connectivity index (χ3n) is 4.01. The number of nitrogens with one attached hydrogen (secondary N) is 1. The lowest BCUT2D eigenvalue weighted by atomic mass is 10.1. The van der Waals surface area contributed by atoms with Crippen molar-refractivity contribution < 1.29 is 4.79 Å². The molecule has 3 rings (SSSR count). The first-order chi connectivity index (χ1) is 8.65. The Morgan fingerprint density at radius 2 is 2.17 bits per heavy atom. The fourth-order valence-electron chi connectivity index (χ4n) is 2.98. The molecule has 18 heavy (non-hydrogen) atoms. The van der Waals surface area contributed by atoms with Gasteiger partial charge in [-0.15, -0.1) is 0 Å². The zero-order valence-corrected chi connectivity index (χ0v) is 11.2. The predicted octanol–water partition coefficient (Wildman–Crippen LogP) is 2.15. The summed E-state index contributed by atoms with van der Waals surface area (Å²) in [5.74, 6) is 0.220. The van der Waals surface area contributed by atoms with Crippen LogP contribution in [0.5, 0.6) is 0 Å². The van der Waals surface area contributed by atoms with Crippen LogP contribution in [0.15, 0.2) is 18.2 Å². The van der Waals surface area contributed by atoms with E-state index in [9.17, 15) is 4.79 Å². The summed E-state index contributed by atoms with van der Waals surface area (Å²) in [6.45, 7) is 0.858. The van der Waals surface area contributed by atoms with Gasteiger partial charge in [-0.05, 0) is 42.5 Å². The number of halogens is 1. The van der Waals surface area contributed by atoms with Crippen LogP contribution < -0.4 is 5.32 Å². The summed E-state index contributed by atoms with van der Waals surface area (Å²) < 4.78 is 0. The summed E-state index contributed by atoms with van der Waals surface area (Å²) in [4.78, 5) is 13.7. The number of carbonyl (C=O) groups excluding carboxylic acids is 1. The molecule has 0 radical (unpaired) electrons. The number of amides is 1. The molecule has 1 amide bonds. The van der Waals surface area contributed by atoms with E-state index in [4.69, 9.17) is 11.6 Å². The predicted molar refractivity (Wildman–Crippen MR) is 71.7 cm³/mol. The maximum Gasteiger partial charge on any atom is 0.239 e. The van der Waals surface area contributed by atoms with Crippen LogP contribution in [-0.4, -0.2) is 30.4 Å². The van der Waals surface area contributed by atoms with Crippen molar-refractivity contribution in [3.8, 4) is 0 Å². The topological polar surface area (TPSA) is 32.3 Å². The Morgan fingerprint density at radius 1 is 1.33 bits per heavy atom. The first kappa shape index (κ1) is 12.0. The maximum absolute atomic E-state index is 11.9. The van der Waals surface area contributed by atoms with Crippen molar-refractivity contribution in [2.45, 2.75) is 31.3 Å². The van der Waals surface area contributed by atoms with Crippen LogP contribution in [0.1, 0.15) is 30.0 Å². The van der Waals surface area contributed by atoms with E-state index in [1.807, 2.05) is 19.2 Å². The van der Waals surface area contributed by atoms with Crippen molar-refractivity contribution in [1.82, 2.24) is 10.2 Å². The molecule has 0 spiro atoms. The lowest BCUT2D eigenvalue weighted by Crippen LogP contribution is -2.38. The summed E-state index contributed by atoms with van der Waals surface area (Å²) in [6.07, 6.45) is 3.02. The molecule has 0 aromatic heterocycles. The molecule has 1 fully saturated rings. The molecule has 0 saturated carbocycles.